The molecule has 0 aromatic heterocycles. The van der Waals surface area contributed by atoms with Crippen LogP contribution < -0.4 is 27.4 Å². The molecular weight excluding hydrogens is 390 g/mol. The molecule has 0 saturated carbocycles. The van der Waals surface area contributed by atoms with Gasteiger partial charge in [-0.05, 0) is 12.3 Å². The van der Waals surface area contributed by atoms with Gasteiger partial charge < -0.3 is 37.6 Å². The zero-order chi connectivity index (χ0) is 22.7. The minimum Gasteiger partial charge on any atom is -0.481 e. The molecule has 0 aromatic rings. The van der Waals surface area contributed by atoms with E-state index in [1.807, 2.05) is 0 Å². The molecule has 0 fully saturated rings. The standard InChI is InChI=1S/C16H27N5O8/c1-7(2)13(15(27)20-9(16(28)29)5-12(24)25)21-11(23)6-19-14(26)8(17)3-4-10(18)22/h7-9,13H,3-6,17H2,1-2H3,(H2,18,22)(H,19,26)(H,20,27)(H,21,23)(H,24,25)(H,28,29). The number of carbonyl (C=O) groups excluding carboxylic acids is 4. The van der Waals surface area contributed by atoms with Crippen LogP contribution in [0.2, 0.25) is 0 Å². The summed E-state index contributed by atoms with van der Waals surface area (Å²) < 4.78 is 0. The average molecular weight is 417 g/mol. The number of carbonyl (C=O) groups is 6. The lowest BCUT2D eigenvalue weighted by Crippen LogP contribution is -2.55. The Labute approximate surface area is 166 Å². The number of primary amides is 1. The van der Waals surface area contributed by atoms with E-state index in [0.717, 1.165) is 0 Å². The van der Waals surface area contributed by atoms with Crippen LogP contribution in [0.5, 0.6) is 0 Å². The second-order valence-corrected chi connectivity index (χ2v) is 6.62. The first-order valence-corrected chi connectivity index (χ1v) is 8.71. The van der Waals surface area contributed by atoms with Gasteiger partial charge in [0.1, 0.15) is 12.1 Å². The highest BCUT2D eigenvalue weighted by molar-refractivity contribution is 5.93. The van der Waals surface area contributed by atoms with Gasteiger partial charge >= 0.3 is 11.9 Å². The van der Waals surface area contributed by atoms with Crippen molar-refractivity contribution in [2.75, 3.05) is 6.54 Å². The predicted molar refractivity (Wildman–Crippen MR) is 98.0 cm³/mol. The summed E-state index contributed by atoms with van der Waals surface area (Å²) in [6.07, 6.45) is -0.934. The maximum atomic E-state index is 12.3. The second kappa shape index (κ2) is 12.3. The number of rotatable bonds is 13. The van der Waals surface area contributed by atoms with Crippen molar-refractivity contribution in [2.45, 2.75) is 51.2 Å². The summed E-state index contributed by atoms with van der Waals surface area (Å²) >= 11 is 0. The largest absolute Gasteiger partial charge is 0.481 e. The molecule has 0 aliphatic rings. The van der Waals surface area contributed by atoms with Gasteiger partial charge in [-0.2, -0.15) is 0 Å². The van der Waals surface area contributed by atoms with E-state index in [2.05, 4.69) is 16.0 Å². The van der Waals surface area contributed by atoms with Crippen LogP contribution in [-0.4, -0.2) is 70.5 Å². The molecule has 164 valence electrons. The Kier molecular flexibility index (Phi) is 10.9. The number of carboxylic acids is 2. The Balaban J connectivity index is 4.78. The Hall–Kier alpha value is -3.22. The number of nitrogens with one attached hydrogen (secondary N) is 3. The lowest BCUT2D eigenvalue weighted by Gasteiger charge is -2.23. The van der Waals surface area contributed by atoms with Crippen molar-refractivity contribution in [3.63, 3.8) is 0 Å². The van der Waals surface area contributed by atoms with Crippen LogP contribution in [0.15, 0.2) is 0 Å². The number of amides is 4. The molecule has 13 nitrogen and oxygen atoms in total. The number of carboxylic acid groups (broad SMARTS) is 2. The molecule has 4 amide bonds. The Bertz CT molecular complexity index is 651. The molecule has 0 bridgehead atoms. The van der Waals surface area contributed by atoms with Crippen molar-refractivity contribution in [1.82, 2.24) is 16.0 Å². The maximum absolute atomic E-state index is 12.3. The van der Waals surface area contributed by atoms with Crippen LogP contribution in [0.1, 0.15) is 33.1 Å². The summed E-state index contributed by atoms with van der Waals surface area (Å²) in [5.41, 5.74) is 10.5. The summed E-state index contributed by atoms with van der Waals surface area (Å²) in [6, 6.07) is -3.88. The zero-order valence-corrected chi connectivity index (χ0v) is 16.1. The Morgan fingerprint density at radius 3 is 2.00 bits per heavy atom. The molecule has 0 aromatic carbocycles. The first-order valence-electron chi connectivity index (χ1n) is 8.71. The fourth-order valence-electron chi connectivity index (χ4n) is 2.12. The van der Waals surface area contributed by atoms with Gasteiger partial charge in [0.2, 0.25) is 23.6 Å². The van der Waals surface area contributed by atoms with E-state index in [0.29, 0.717) is 0 Å². The number of hydrogen-bond acceptors (Lipinski definition) is 7. The van der Waals surface area contributed by atoms with Gasteiger partial charge in [-0.15, -0.1) is 0 Å². The smallest absolute Gasteiger partial charge is 0.326 e. The highest BCUT2D eigenvalue weighted by atomic mass is 16.4. The van der Waals surface area contributed by atoms with Crippen molar-refractivity contribution in [1.29, 1.82) is 0 Å². The Morgan fingerprint density at radius 2 is 1.55 bits per heavy atom. The fraction of sp³-hybridized carbons (Fsp3) is 0.625. The number of nitrogens with two attached hydrogens (primary N) is 2. The van der Waals surface area contributed by atoms with Gasteiger partial charge in [-0.25, -0.2) is 4.79 Å². The molecule has 13 heteroatoms. The minimum atomic E-state index is -1.67. The lowest BCUT2D eigenvalue weighted by atomic mass is 10.0. The molecule has 9 N–H and O–H groups in total. The predicted octanol–water partition coefficient (Wildman–Crippen LogP) is -3.12. The summed E-state index contributed by atoms with van der Waals surface area (Å²) in [6.45, 7) is 2.64. The van der Waals surface area contributed by atoms with Gasteiger partial charge in [0.05, 0.1) is 19.0 Å². The molecule has 0 radical (unpaired) electrons. The van der Waals surface area contributed by atoms with E-state index in [-0.39, 0.29) is 12.8 Å². The molecule has 0 spiro atoms. The molecule has 0 aliphatic heterocycles. The molecular formula is C16H27N5O8. The molecule has 3 atom stereocenters. The van der Waals surface area contributed by atoms with E-state index in [1.54, 1.807) is 13.8 Å². The summed E-state index contributed by atoms with van der Waals surface area (Å²) in [5.74, 6) is -6.37. The van der Waals surface area contributed by atoms with Crippen molar-refractivity contribution < 1.29 is 39.0 Å². The van der Waals surface area contributed by atoms with Gasteiger partial charge in [-0.3, -0.25) is 24.0 Å². The zero-order valence-electron chi connectivity index (χ0n) is 16.1. The van der Waals surface area contributed by atoms with Crippen molar-refractivity contribution in [2.24, 2.45) is 17.4 Å². The van der Waals surface area contributed by atoms with E-state index in [4.69, 9.17) is 21.7 Å². The first-order chi connectivity index (χ1) is 13.3. The third-order valence-corrected chi connectivity index (χ3v) is 3.72. The topological polar surface area (TPSA) is 231 Å². The maximum Gasteiger partial charge on any atom is 0.326 e. The van der Waals surface area contributed by atoms with Crippen LogP contribution in [0, 0.1) is 5.92 Å². The van der Waals surface area contributed by atoms with Gasteiger partial charge in [0.25, 0.3) is 0 Å². The van der Waals surface area contributed by atoms with Gasteiger partial charge in [0.15, 0.2) is 0 Å². The fourth-order valence-corrected chi connectivity index (χ4v) is 2.12. The van der Waals surface area contributed by atoms with Crippen molar-refractivity contribution in [3.05, 3.63) is 0 Å². The highest BCUT2D eigenvalue weighted by Gasteiger charge is 2.30. The monoisotopic (exact) mass is 417 g/mol. The van der Waals surface area contributed by atoms with E-state index in [1.165, 1.54) is 0 Å². The average Bonchev–Trinajstić information content (AvgIpc) is 2.60. The van der Waals surface area contributed by atoms with Crippen molar-refractivity contribution >= 4 is 35.6 Å². The van der Waals surface area contributed by atoms with E-state index in [9.17, 15) is 28.8 Å². The Morgan fingerprint density at radius 1 is 0.966 bits per heavy atom. The van der Waals surface area contributed by atoms with E-state index < -0.39 is 72.6 Å². The second-order valence-electron chi connectivity index (χ2n) is 6.62. The minimum absolute atomic E-state index is 0.0000349. The number of aliphatic carboxylic acids is 2. The van der Waals surface area contributed by atoms with Crippen LogP contribution in [0.3, 0.4) is 0 Å². The molecule has 3 unspecified atom stereocenters. The van der Waals surface area contributed by atoms with E-state index >= 15 is 0 Å². The van der Waals surface area contributed by atoms with Gasteiger partial charge in [0, 0.05) is 6.42 Å². The molecule has 0 heterocycles. The molecule has 29 heavy (non-hydrogen) atoms. The highest BCUT2D eigenvalue weighted by Crippen LogP contribution is 2.04. The van der Waals surface area contributed by atoms with Gasteiger partial charge in [-0.1, -0.05) is 13.8 Å². The van der Waals surface area contributed by atoms with Crippen molar-refractivity contribution in [3.8, 4) is 0 Å². The first kappa shape index (κ1) is 25.8. The van der Waals surface area contributed by atoms with Crippen LogP contribution in [0.25, 0.3) is 0 Å². The summed E-state index contributed by atoms with van der Waals surface area (Å²) in [5, 5.41) is 24.3. The third kappa shape index (κ3) is 10.6. The summed E-state index contributed by atoms with van der Waals surface area (Å²) in [4.78, 5) is 68.5. The number of hydrogen-bond donors (Lipinski definition) is 7. The summed E-state index contributed by atoms with van der Waals surface area (Å²) in [7, 11) is 0. The van der Waals surface area contributed by atoms with Crippen LogP contribution in [-0.2, 0) is 28.8 Å². The molecule has 0 rings (SSSR count). The molecule has 0 saturated heterocycles. The normalized spacial score (nSPS) is 13.7. The SMILES string of the molecule is CC(C)C(NC(=O)CNC(=O)C(N)CCC(N)=O)C(=O)NC(CC(=O)O)C(=O)O. The third-order valence-electron chi connectivity index (χ3n) is 3.72. The van der Waals surface area contributed by atoms with Crippen LogP contribution >= 0.6 is 0 Å². The van der Waals surface area contributed by atoms with Crippen LogP contribution in [0.4, 0.5) is 0 Å². The molecule has 0 aliphatic carbocycles. The lowest BCUT2D eigenvalue weighted by molar-refractivity contribution is -0.147. The quantitative estimate of drug-likeness (QED) is 0.160.